The summed E-state index contributed by atoms with van der Waals surface area (Å²) >= 11 is 12.9. The monoisotopic (exact) mass is 597 g/mol. The second-order valence-corrected chi connectivity index (χ2v) is 11.5. The highest BCUT2D eigenvalue weighted by Crippen LogP contribution is 2.47. The molecule has 1 saturated heterocycles. The van der Waals surface area contributed by atoms with Gasteiger partial charge in [-0.05, 0) is 46.7 Å². The van der Waals surface area contributed by atoms with Crippen LogP contribution in [0.15, 0.2) is 60.2 Å². The summed E-state index contributed by atoms with van der Waals surface area (Å²) in [6.07, 6.45) is 0.483. The first kappa shape index (κ1) is 30.3. The van der Waals surface area contributed by atoms with Gasteiger partial charge in [-0.1, -0.05) is 80.4 Å². The maximum atomic E-state index is 13.6. The van der Waals surface area contributed by atoms with Gasteiger partial charge in [0.2, 0.25) is 0 Å². The molecule has 216 valence electrons. The first-order chi connectivity index (χ1) is 19.4. The molecule has 0 spiro atoms. The van der Waals surface area contributed by atoms with Gasteiger partial charge in [0.15, 0.2) is 11.5 Å². The van der Waals surface area contributed by atoms with E-state index in [1.165, 1.54) is 25.2 Å². The molecule has 1 aliphatic rings. The number of aliphatic hydroxyl groups is 1. The van der Waals surface area contributed by atoms with E-state index in [9.17, 15) is 14.7 Å². The zero-order valence-electron chi connectivity index (χ0n) is 23.9. The summed E-state index contributed by atoms with van der Waals surface area (Å²) in [5.74, 6) is -1.02. The van der Waals surface area contributed by atoms with Crippen molar-refractivity contribution >= 4 is 40.7 Å². The molecule has 0 aliphatic carbocycles. The smallest absolute Gasteiger partial charge is 0.295 e. The van der Waals surface area contributed by atoms with Crippen molar-refractivity contribution < 1.29 is 28.9 Å². The predicted molar refractivity (Wildman–Crippen MR) is 160 cm³/mol. The van der Waals surface area contributed by atoms with Crippen LogP contribution in [-0.4, -0.2) is 49.6 Å². The number of aliphatic hydroxyl groups excluding tert-OH is 1. The maximum Gasteiger partial charge on any atom is 0.295 e. The van der Waals surface area contributed by atoms with Crippen LogP contribution >= 0.6 is 23.2 Å². The van der Waals surface area contributed by atoms with Gasteiger partial charge in [0.25, 0.3) is 11.7 Å². The minimum Gasteiger partial charge on any atom is -0.507 e. The zero-order chi connectivity index (χ0) is 30.1. The number of benzene rings is 3. The number of halogens is 2. The second-order valence-electron chi connectivity index (χ2n) is 10.7. The molecular formula is C32H33Cl2NO6. The molecule has 1 atom stereocenters. The minimum absolute atomic E-state index is 0.0314. The summed E-state index contributed by atoms with van der Waals surface area (Å²) in [4.78, 5) is 28.5. The quantitative estimate of drug-likeness (QED) is 0.171. The van der Waals surface area contributed by atoms with E-state index in [-0.39, 0.29) is 44.6 Å². The molecule has 3 aromatic rings. The number of rotatable bonds is 8. The van der Waals surface area contributed by atoms with Crippen molar-refractivity contribution in [3.63, 3.8) is 0 Å². The molecule has 0 saturated carbocycles. The number of ether oxygens (including phenoxy) is 3. The molecule has 1 amide bonds. The van der Waals surface area contributed by atoms with Crippen molar-refractivity contribution in [1.29, 1.82) is 0 Å². The number of carbonyl (C=O) groups is 2. The van der Waals surface area contributed by atoms with E-state index < -0.39 is 23.5 Å². The molecule has 1 fully saturated rings. The summed E-state index contributed by atoms with van der Waals surface area (Å²) in [6, 6.07) is 15.8. The van der Waals surface area contributed by atoms with E-state index in [0.29, 0.717) is 12.0 Å². The molecular weight excluding hydrogens is 565 g/mol. The van der Waals surface area contributed by atoms with Crippen LogP contribution in [0.4, 0.5) is 0 Å². The summed E-state index contributed by atoms with van der Waals surface area (Å²) in [6.45, 7) is 6.55. The van der Waals surface area contributed by atoms with E-state index in [1.54, 1.807) is 7.11 Å². The summed E-state index contributed by atoms with van der Waals surface area (Å²) in [5, 5.41) is 11.8. The van der Waals surface area contributed by atoms with Crippen LogP contribution in [0, 0.1) is 0 Å². The van der Waals surface area contributed by atoms with Crippen molar-refractivity contribution in [2.75, 3.05) is 27.9 Å². The van der Waals surface area contributed by atoms with Crippen LogP contribution in [0.1, 0.15) is 49.1 Å². The molecule has 0 aromatic heterocycles. The average molecular weight is 599 g/mol. The van der Waals surface area contributed by atoms with Gasteiger partial charge < -0.3 is 24.2 Å². The highest BCUT2D eigenvalue weighted by atomic mass is 35.5. The summed E-state index contributed by atoms with van der Waals surface area (Å²) in [7, 11) is 4.38. The summed E-state index contributed by atoms with van der Waals surface area (Å²) in [5.41, 5.74) is 2.63. The van der Waals surface area contributed by atoms with Crippen LogP contribution in [0.2, 0.25) is 10.0 Å². The number of Topliss-reactive ketones (excluding diaryl/α,β-unsaturated/α-hetero) is 1. The van der Waals surface area contributed by atoms with Crippen molar-refractivity contribution in [3.8, 4) is 17.2 Å². The molecule has 0 bridgehead atoms. The molecule has 9 heteroatoms. The second kappa shape index (κ2) is 12.0. The van der Waals surface area contributed by atoms with Crippen molar-refractivity contribution in [1.82, 2.24) is 4.90 Å². The lowest BCUT2D eigenvalue weighted by Gasteiger charge is -2.27. The fourth-order valence-corrected chi connectivity index (χ4v) is 5.64. The molecule has 0 radical (unpaired) electrons. The van der Waals surface area contributed by atoms with Crippen LogP contribution in [-0.2, 0) is 21.4 Å². The van der Waals surface area contributed by atoms with Gasteiger partial charge in [0.05, 0.1) is 43.5 Å². The predicted octanol–water partition coefficient (Wildman–Crippen LogP) is 6.98. The van der Waals surface area contributed by atoms with Crippen LogP contribution in [0.3, 0.4) is 0 Å². The largest absolute Gasteiger partial charge is 0.507 e. The first-order valence-electron chi connectivity index (χ1n) is 13.0. The number of likely N-dealkylation sites (tertiary alicyclic amines) is 1. The van der Waals surface area contributed by atoms with Crippen molar-refractivity contribution in [2.24, 2.45) is 0 Å². The highest BCUT2D eigenvalue weighted by Gasteiger charge is 2.46. The third-order valence-corrected chi connectivity index (χ3v) is 7.85. The van der Waals surface area contributed by atoms with Crippen molar-refractivity contribution in [3.05, 3.63) is 92.5 Å². The Kier molecular flexibility index (Phi) is 8.90. The lowest BCUT2D eigenvalue weighted by Crippen LogP contribution is -2.31. The molecule has 41 heavy (non-hydrogen) atoms. The van der Waals surface area contributed by atoms with Gasteiger partial charge in [0.1, 0.15) is 16.5 Å². The van der Waals surface area contributed by atoms with Gasteiger partial charge in [-0.2, -0.15) is 0 Å². The van der Waals surface area contributed by atoms with Crippen LogP contribution in [0.5, 0.6) is 17.2 Å². The number of carbonyl (C=O) groups excluding carboxylic acids is 2. The SMILES string of the molecule is COc1ccc(CCN2C(=O)C(=O)/C(=C(/O)c3cc(Cl)c(OC)c(Cl)c3OC)C2c2ccc(C(C)(C)C)cc2)cc1. The summed E-state index contributed by atoms with van der Waals surface area (Å²) < 4.78 is 16.0. The van der Waals surface area contributed by atoms with Gasteiger partial charge in [-0.25, -0.2) is 0 Å². The number of amides is 1. The third kappa shape index (κ3) is 5.88. The van der Waals surface area contributed by atoms with Crippen LogP contribution in [0.25, 0.3) is 5.76 Å². The maximum absolute atomic E-state index is 13.6. The Hall–Kier alpha value is -3.68. The van der Waals surface area contributed by atoms with Gasteiger partial charge in [0, 0.05) is 6.54 Å². The Morgan fingerprint density at radius 3 is 2.05 bits per heavy atom. The van der Waals surface area contributed by atoms with E-state index in [2.05, 4.69) is 20.8 Å². The topological polar surface area (TPSA) is 85.3 Å². The number of hydrogen-bond acceptors (Lipinski definition) is 6. The van der Waals surface area contributed by atoms with Gasteiger partial charge in [-0.15, -0.1) is 0 Å². The molecule has 1 N–H and O–H groups in total. The standard InChI is InChI=1S/C32H33Cl2NO6/c1-32(2,3)20-11-9-19(10-12-20)26-24(27(36)22-17-23(33)30(41-6)25(34)29(22)40-5)28(37)31(38)35(26)16-15-18-7-13-21(39-4)14-8-18/h7-14,17,26,36H,15-16H2,1-6H3/b27-24+. The number of nitrogens with zero attached hydrogens (tertiary/aromatic N) is 1. The average Bonchev–Trinajstić information content (AvgIpc) is 3.20. The Morgan fingerprint density at radius 1 is 0.902 bits per heavy atom. The normalized spacial score (nSPS) is 16.7. The number of hydrogen-bond donors (Lipinski definition) is 1. The molecule has 7 nitrogen and oxygen atoms in total. The van der Waals surface area contributed by atoms with Gasteiger partial charge in [-0.3, -0.25) is 9.59 Å². The molecule has 1 aliphatic heterocycles. The molecule has 1 heterocycles. The minimum atomic E-state index is -0.855. The Morgan fingerprint density at radius 2 is 1.51 bits per heavy atom. The van der Waals surface area contributed by atoms with Gasteiger partial charge >= 0.3 is 0 Å². The molecule has 3 aromatic carbocycles. The van der Waals surface area contributed by atoms with E-state index in [1.807, 2.05) is 48.5 Å². The van der Waals surface area contributed by atoms with E-state index in [0.717, 1.165) is 16.9 Å². The first-order valence-corrected chi connectivity index (χ1v) is 13.8. The van der Waals surface area contributed by atoms with Crippen molar-refractivity contribution in [2.45, 2.75) is 38.6 Å². The fraction of sp³-hybridized carbons (Fsp3) is 0.312. The lowest BCUT2D eigenvalue weighted by molar-refractivity contribution is -0.139. The Bertz CT molecular complexity index is 1490. The Balaban J connectivity index is 1.86. The van der Waals surface area contributed by atoms with E-state index in [4.69, 9.17) is 37.4 Å². The Labute approximate surface area is 250 Å². The highest BCUT2D eigenvalue weighted by molar-refractivity contribution is 6.47. The van der Waals surface area contributed by atoms with Crippen LogP contribution < -0.4 is 14.2 Å². The number of ketones is 1. The fourth-order valence-electron chi connectivity index (χ4n) is 4.96. The van der Waals surface area contributed by atoms with E-state index >= 15 is 0 Å². The molecule has 1 unspecified atom stereocenters. The zero-order valence-corrected chi connectivity index (χ0v) is 25.4. The lowest BCUT2D eigenvalue weighted by atomic mass is 9.85. The third-order valence-electron chi connectivity index (χ3n) is 7.23. The number of methoxy groups -OCH3 is 3. The molecule has 4 rings (SSSR count).